The van der Waals surface area contributed by atoms with Crippen LogP contribution in [0.1, 0.15) is 13.3 Å². The maximum atomic E-state index is 11.1. The monoisotopic (exact) mass is 187 g/mol. The number of carbonyl (C=O) groups excluding carboxylic acids is 2. The van der Waals surface area contributed by atoms with Gasteiger partial charge in [0.1, 0.15) is 6.54 Å². The summed E-state index contributed by atoms with van der Waals surface area (Å²) in [5.41, 5.74) is 0. The zero-order valence-corrected chi connectivity index (χ0v) is 8.39. The van der Waals surface area contributed by atoms with Crippen LogP contribution >= 0.6 is 0 Å². The highest BCUT2D eigenvalue weighted by molar-refractivity contribution is 5.83. The van der Waals surface area contributed by atoms with E-state index in [9.17, 15) is 9.59 Å². The molecule has 0 fully saturated rings. The predicted octanol–water partition coefficient (Wildman–Crippen LogP) is -0.216. The second kappa shape index (κ2) is 6.28. The van der Waals surface area contributed by atoms with Gasteiger partial charge in [-0.15, -0.1) is 0 Å². The van der Waals surface area contributed by atoms with E-state index in [1.54, 1.807) is 7.05 Å². The number of hydrogen-bond acceptors (Lipinski definition) is 2. The molecule has 0 aliphatic carbocycles. The van der Waals surface area contributed by atoms with Gasteiger partial charge in [0.2, 0.25) is 5.91 Å². The lowest BCUT2D eigenvalue weighted by atomic mass is 10.4. The van der Waals surface area contributed by atoms with E-state index in [0.717, 1.165) is 6.42 Å². The molecule has 13 heavy (non-hydrogen) atoms. The molecule has 0 saturated carbocycles. The molecule has 0 spiro atoms. The summed E-state index contributed by atoms with van der Waals surface area (Å²) >= 11 is 0. The Hall–Kier alpha value is -1.26. The van der Waals surface area contributed by atoms with Gasteiger partial charge in [-0.25, -0.2) is 4.79 Å². The number of hydrogen-bond donors (Lipinski definition) is 2. The molecule has 0 unspecified atom stereocenters. The summed E-state index contributed by atoms with van der Waals surface area (Å²) in [5.74, 6) is -0.132. The fraction of sp³-hybridized carbons (Fsp3) is 0.750. The molecule has 0 atom stereocenters. The number of rotatable bonds is 4. The Balaban J connectivity index is 3.71. The van der Waals surface area contributed by atoms with Crippen LogP contribution in [0.25, 0.3) is 0 Å². The van der Waals surface area contributed by atoms with Gasteiger partial charge < -0.3 is 15.5 Å². The third kappa shape index (κ3) is 5.05. The number of nitrogens with one attached hydrogen (secondary N) is 2. The van der Waals surface area contributed by atoms with Crippen LogP contribution in [0.5, 0.6) is 0 Å². The second-order valence-electron chi connectivity index (χ2n) is 2.76. The van der Waals surface area contributed by atoms with E-state index in [1.165, 1.54) is 11.9 Å². The second-order valence-corrected chi connectivity index (χ2v) is 2.76. The van der Waals surface area contributed by atoms with Crippen molar-refractivity contribution >= 4 is 11.9 Å². The highest BCUT2D eigenvalue weighted by atomic mass is 16.2. The van der Waals surface area contributed by atoms with E-state index in [2.05, 4.69) is 10.6 Å². The summed E-state index contributed by atoms with van der Waals surface area (Å²) in [6.45, 7) is 2.73. The molecule has 76 valence electrons. The quantitative estimate of drug-likeness (QED) is 0.639. The molecule has 2 N–H and O–H groups in total. The molecule has 0 aromatic carbocycles. The van der Waals surface area contributed by atoms with Gasteiger partial charge in [0.15, 0.2) is 0 Å². The highest BCUT2D eigenvalue weighted by Crippen LogP contribution is 1.83. The van der Waals surface area contributed by atoms with Gasteiger partial charge in [0.05, 0.1) is 0 Å². The van der Waals surface area contributed by atoms with Gasteiger partial charge in [-0.3, -0.25) is 4.79 Å². The van der Waals surface area contributed by atoms with Crippen molar-refractivity contribution in [3.05, 3.63) is 0 Å². The molecule has 0 aromatic rings. The first-order chi connectivity index (χ1) is 6.11. The predicted molar refractivity (Wildman–Crippen MR) is 50.4 cm³/mol. The topological polar surface area (TPSA) is 61.4 Å². The summed E-state index contributed by atoms with van der Waals surface area (Å²) in [5, 5.41) is 5.11. The normalized spacial score (nSPS) is 9.15. The number of nitrogens with zero attached hydrogens (tertiary/aromatic N) is 1. The van der Waals surface area contributed by atoms with E-state index in [-0.39, 0.29) is 18.5 Å². The molecular formula is C8H17N3O2. The largest absolute Gasteiger partial charge is 0.355 e. The average Bonchev–Trinajstić information content (AvgIpc) is 2.13. The van der Waals surface area contributed by atoms with Crippen molar-refractivity contribution in [1.29, 1.82) is 0 Å². The Morgan fingerprint density at radius 2 is 2.00 bits per heavy atom. The molecule has 0 rings (SSSR count). The van der Waals surface area contributed by atoms with Crippen molar-refractivity contribution in [2.75, 3.05) is 27.2 Å². The molecule has 0 radical (unpaired) electrons. The fourth-order valence-electron chi connectivity index (χ4n) is 0.798. The number of urea groups is 1. The van der Waals surface area contributed by atoms with E-state index in [0.29, 0.717) is 6.54 Å². The Bertz CT molecular complexity index is 182. The van der Waals surface area contributed by atoms with Crippen LogP contribution in [-0.2, 0) is 4.79 Å². The highest BCUT2D eigenvalue weighted by Gasteiger charge is 2.09. The standard InChI is InChI=1S/C8H17N3O2/c1-4-5-10-7(12)6-11(3)8(13)9-2/h4-6H2,1-3H3,(H,9,13)(H,10,12). The third-order valence-corrected chi connectivity index (χ3v) is 1.51. The number of amides is 3. The molecule has 3 amide bonds. The molecule has 0 aliphatic heterocycles. The molecule has 0 aromatic heterocycles. The number of carbonyl (C=O) groups is 2. The van der Waals surface area contributed by atoms with Crippen LogP contribution in [0.15, 0.2) is 0 Å². The SMILES string of the molecule is CCCNC(=O)CN(C)C(=O)NC. The van der Waals surface area contributed by atoms with Crippen molar-refractivity contribution in [3.63, 3.8) is 0 Å². The van der Waals surface area contributed by atoms with Gasteiger partial charge in [-0.2, -0.15) is 0 Å². The van der Waals surface area contributed by atoms with E-state index in [4.69, 9.17) is 0 Å². The van der Waals surface area contributed by atoms with E-state index >= 15 is 0 Å². The van der Waals surface area contributed by atoms with Crippen molar-refractivity contribution in [1.82, 2.24) is 15.5 Å². The van der Waals surface area contributed by atoms with Gasteiger partial charge in [-0.05, 0) is 6.42 Å². The lowest BCUT2D eigenvalue weighted by Gasteiger charge is -2.15. The Morgan fingerprint density at radius 3 is 2.46 bits per heavy atom. The lowest BCUT2D eigenvalue weighted by Crippen LogP contribution is -2.42. The Labute approximate surface area is 78.5 Å². The zero-order chi connectivity index (χ0) is 10.3. The van der Waals surface area contributed by atoms with Crippen LogP contribution in [0.2, 0.25) is 0 Å². The van der Waals surface area contributed by atoms with Gasteiger partial charge in [-0.1, -0.05) is 6.92 Å². The first-order valence-corrected chi connectivity index (χ1v) is 4.31. The van der Waals surface area contributed by atoms with E-state index < -0.39 is 0 Å². The average molecular weight is 187 g/mol. The summed E-state index contributed by atoms with van der Waals surface area (Å²) in [7, 11) is 3.10. The van der Waals surface area contributed by atoms with Gasteiger partial charge in [0, 0.05) is 20.6 Å². The fourth-order valence-corrected chi connectivity index (χ4v) is 0.798. The summed E-state index contributed by atoms with van der Waals surface area (Å²) in [4.78, 5) is 23.4. The molecule has 0 aliphatic rings. The van der Waals surface area contributed by atoms with Crippen molar-refractivity contribution in [3.8, 4) is 0 Å². The molecule has 0 heterocycles. The van der Waals surface area contributed by atoms with Crippen LogP contribution in [0.4, 0.5) is 4.79 Å². The smallest absolute Gasteiger partial charge is 0.317 e. The van der Waals surface area contributed by atoms with Crippen LogP contribution in [0, 0.1) is 0 Å². The summed E-state index contributed by atoms with van der Waals surface area (Å²) < 4.78 is 0. The first-order valence-electron chi connectivity index (χ1n) is 4.31. The van der Waals surface area contributed by atoms with Gasteiger partial charge >= 0.3 is 6.03 Å². The molecular weight excluding hydrogens is 170 g/mol. The minimum absolute atomic E-state index is 0.0969. The Morgan fingerprint density at radius 1 is 1.38 bits per heavy atom. The van der Waals surface area contributed by atoms with Crippen LogP contribution in [-0.4, -0.2) is 44.0 Å². The Kier molecular flexibility index (Phi) is 5.67. The lowest BCUT2D eigenvalue weighted by molar-refractivity contribution is -0.121. The minimum atomic E-state index is -0.258. The maximum absolute atomic E-state index is 11.1. The van der Waals surface area contributed by atoms with E-state index in [1.807, 2.05) is 6.92 Å². The molecule has 5 nitrogen and oxygen atoms in total. The van der Waals surface area contributed by atoms with Gasteiger partial charge in [0.25, 0.3) is 0 Å². The molecule has 0 bridgehead atoms. The first kappa shape index (κ1) is 11.7. The van der Waals surface area contributed by atoms with Crippen LogP contribution < -0.4 is 10.6 Å². The minimum Gasteiger partial charge on any atom is -0.355 e. The molecule has 0 saturated heterocycles. The number of likely N-dealkylation sites (N-methyl/N-ethyl adjacent to an activating group) is 1. The maximum Gasteiger partial charge on any atom is 0.317 e. The van der Waals surface area contributed by atoms with Crippen LogP contribution in [0.3, 0.4) is 0 Å². The third-order valence-electron chi connectivity index (χ3n) is 1.51. The zero-order valence-electron chi connectivity index (χ0n) is 8.39. The van der Waals surface area contributed by atoms with Crippen molar-refractivity contribution in [2.45, 2.75) is 13.3 Å². The molecule has 5 heteroatoms. The van der Waals surface area contributed by atoms with Crippen molar-refractivity contribution < 1.29 is 9.59 Å². The van der Waals surface area contributed by atoms with Crippen molar-refractivity contribution in [2.24, 2.45) is 0 Å². The summed E-state index contributed by atoms with van der Waals surface area (Å²) in [6.07, 6.45) is 0.898. The summed E-state index contributed by atoms with van der Waals surface area (Å²) in [6, 6.07) is -0.258.